The van der Waals surface area contributed by atoms with Gasteiger partial charge in [-0.05, 0) is 6.42 Å². The highest BCUT2D eigenvalue weighted by atomic mass is 16.5. The van der Waals surface area contributed by atoms with Gasteiger partial charge in [-0.25, -0.2) is 4.98 Å². The number of nitrogens with one attached hydrogen (secondary N) is 1. The first kappa shape index (κ1) is 12.8. The van der Waals surface area contributed by atoms with Crippen LogP contribution in [0.2, 0.25) is 0 Å². The van der Waals surface area contributed by atoms with Crippen LogP contribution >= 0.6 is 0 Å². The van der Waals surface area contributed by atoms with Crippen LogP contribution in [0.5, 0.6) is 0 Å². The SMILES string of the molecule is C=CCn1ccnc1NCCOCCCC. The molecular formula is C12H21N3O. The van der Waals surface area contributed by atoms with Crippen molar-refractivity contribution in [2.75, 3.05) is 25.1 Å². The predicted octanol–water partition coefficient (Wildman–Crippen LogP) is 2.30. The quantitative estimate of drug-likeness (QED) is 0.516. The third-order valence-corrected chi connectivity index (χ3v) is 2.21. The maximum atomic E-state index is 5.45. The third kappa shape index (κ3) is 4.49. The molecule has 1 heterocycles. The molecule has 1 rings (SSSR count). The number of unbranched alkanes of at least 4 members (excludes halogenated alkanes) is 1. The van der Waals surface area contributed by atoms with E-state index in [0.29, 0.717) is 0 Å². The van der Waals surface area contributed by atoms with E-state index >= 15 is 0 Å². The smallest absolute Gasteiger partial charge is 0.203 e. The molecule has 0 radical (unpaired) electrons. The summed E-state index contributed by atoms with van der Waals surface area (Å²) in [6.07, 6.45) is 7.87. The van der Waals surface area contributed by atoms with Gasteiger partial charge in [0.1, 0.15) is 0 Å². The van der Waals surface area contributed by atoms with E-state index in [9.17, 15) is 0 Å². The number of rotatable bonds is 9. The molecule has 0 aliphatic carbocycles. The first-order chi connectivity index (χ1) is 7.88. The van der Waals surface area contributed by atoms with E-state index in [-0.39, 0.29) is 0 Å². The second-order valence-corrected chi connectivity index (χ2v) is 3.58. The maximum Gasteiger partial charge on any atom is 0.203 e. The molecule has 1 aromatic heterocycles. The van der Waals surface area contributed by atoms with Gasteiger partial charge in [-0.3, -0.25) is 0 Å². The average Bonchev–Trinajstić information content (AvgIpc) is 2.72. The van der Waals surface area contributed by atoms with Crippen molar-refractivity contribution >= 4 is 5.95 Å². The van der Waals surface area contributed by atoms with Crippen LogP contribution in [-0.4, -0.2) is 29.3 Å². The fraction of sp³-hybridized carbons (Fsp3) is 0.583. The Hall–Kier alpha value is -1.29. The van der Waals surface area contributed by atoms with Crippen molar-refractivity contribution in [3.8, 4) is 0 Å². The zero-order valence-corrected chi connectivity index (χ0v) is 9.98. The molecule has 4 heteroatoms. The van der Waals surface area contributed by atoms with Crippen molar-refractivity contribution in [1.29, 1.82) is 0 Å². The van der Waals surface area contributed by atoms with Crippen molar-refractivity contribution in [1.82, 2.24) is 9.55 Å². The number of nitrogens with zero attached hydrogens (tertiary/aromatic N) is 2. The van der Waals surface area contributed by atoms with E-state index < -0.39 is 0 Å². The van der Waals surface area contributed by atoms with Crippen molar-refractivity contribution in [3.63, 3.8) is 0 Å². The fourth-order valence-electron chi connectivity index (χ4n) is 1.35. The molecule has 0 bridgehead atoms. The molecule has 0 saturated carbocycles. The Kier molecular flexibility index (Phi) is 6.33. The molecule has 4 nitrogen and oxygen atoms in total. The second kappa shape index (κ2) is 7.93. The topological polar surface area (TPSA) is 39.1 Å². The minimum absolute atomic E-state index is 0.723. The van der Waals surface area contributed by atoms with Crippen LogP contribution in [0.15, 0.2) is 25.0 Å². The van der Waals surface area contributed by atoms with E-state index in [1.807, 2.05) is 16.8 Å². The van der Waals surface area contributed by atoms with E-state index in [4.69, 9.17) is 4.74 Å². The largest absolute Gasteiger partial charge is 0.380 e. The van der Waals surface area contributed by atoms with Gasteiger partial charge < -0.3 is 14.6 Å². The molecule has 0 aliphatic rings. The van der Waals surface area contributed by atoms with E-state index in [2.05, 4.69) is 23.8 Å². The predicted molar refractivity (Wildman–Crippen MR) is 66.6 cm³/mol. The number of hydrogen-bond acceptors (Lipinski definition) is 3. The van der Waals surface area contributed by atoms with Crippen molar-refractivity contribution < 1.29 is 4.74 Å². The van der Waals surface area contributed by atoms with Crippen LogP contribution in [0.4, 0.5) is 5.95 Å². The Morgan fingerprint density at radius 2 is 2.44 bits per heavy atom. The average molecular weight is 223 g/mol. The lowest BCUT2D eigenvalue weighted by molar-refractivity contribution is 0.141. The summed E-state index contributed by atoms with van der Waals surface area (Å²) in [6, 6.07) is 0. The molecule has 0 spiro atoms. The fourth-order valence-corrected chi connectivity index (χ4v) is 1.35. The molecule has 0 aromatic carbocycles. The van der Waals surface area contributed by atoms with Crippen LogP contribution in [-0.2, 0) is 11.3 Å². The molecule has 0 amide bonds. The highest BCUT2D eigenvalue weighted by Crippen LogP contribution is 2.03. The molecule has 0 unspecified atom stereocenters. The minimum Gasteiger partial charge on any atom is -0.380 e. The summed E-state index contributed by atoms with van der Waals surface area (Å²) in [5, 5.41) is 3.23. The van der Waals surface area contributed by atoms with E-state index in [1.165, 1.54) is 6.42 Å². The number of ether oxygens (including phenoxy) is 1. The number of aromatic nitrogens is 2. The molecule has 90 valence electrons. The molecule has 0 atom stereocenters. The number of anilines is 1. The van der Waals surface area contributed by atoms with Crippen LogP contribution < -0.4 is 5.32 Å². The molecule has 16 heavy (non-hydrogen) atoms. The van der Waals surface area contributed by atoms with E-state index in [0.717, 1.165) is 38.7 Å². The Morgan fingerprint density at radius 1 is 1.56 bits per heavy atom. The van der Waals surface area contributed by atoms with E-state index in [1.54, 1.807) is 6.20 Å². The minimum atomic E-state index is 0.723. The normalized spacial score (nSPS) is 10.3. The van der Waals surface area contributed by atoms with Crippen LogP contribution in [0.1, 0.15) is 19.8 Å². The van der Waals surface area contributed by atoms with Gasteiger partial charge in [0.15, 0.2) is 0 Å². The second-order valence-electron chi connectivity index (χ2n) is 3.58. The zero-order chi connectivity index (χ0) is 11.6. The van der Waals surface area contributed by atoms with Crippen LogP contribution in [0.25, 0.3) is 0 Å². The molecule has 1 N–H and O–H groups in total. The molecular weight excluding hydrogens is 202 g/mol. The van der Waals surface area contributed by atoms with Gasteiger partial charge in [-0.15, -0.1) is 6.58 Å². The summed E-state index contributed by atoms with van der Waals surface area (Å²) in [7, 11) is 0. The van der Waals surface area contributed by atoms with Crippen molar-refractivity contribution in [2.45, 2.75) is 26.3 Å². The first-order valence-corrected chi connectivity index (χ1v) is 5.82. The van der Waals surface area contributed by atoms with Crippen molar-refractivity contribution in [3.05, 3.63) is 25.0 Å². The lowest BCUT2D eigenvalue weighted by Gasteiger charge is -2.08. The van der Waals surface area contributed by atoms with Gasteiger partial charge in [-0.2, -0.15) is 0 Å². The summed E-state index contributed by atoms with van der Waals surface area (Å²) < 4.78 is 7.47. The molecule has 1 aromatic rings. The van der Waals surface area contributed by atoms with Gasteiger partial charge in [0.2, 0.25) is 5.95 Å². The summed E-state index contributed by atoms with van der Waals surface area (Å²) in [6.45, 7) is 9.00. The van der Waals surface area contributed by atoms with Gasteiger partial charge in [0, 0.05) is 32.1 Å². The maximum absolute atomic E-state index is 5.45. The Balaban J connectivity index is 2.16. The van der Waals surface area contributed by atoms with Gasteiger partial charge in [-0.1, -0.05) is 19.4 Å². The Morgan fingerprint density at radius 3 is 3.19 bits per heavy atom. The highest BCUT2D eigenvalue weighted by molar-refractivity contribution is 5.25. The summed E-state index contributed by atoms with van der Waals surface area (Å²) in [5.41, 5.74) is 0. The molecule has 0 saturated heterocycles. The number of imidazole rings is 1. The monoisotopic (exact) mass is 223 g/mol. The summed E-state index contributed by atoms with van der Waals surface area (Å²) >= 11 is 0. The zero-order valence-electron chi connectivity index (χ0n) is 9.98. The lowest BCUT2D eigenvalue weighted by atomic mass is 10.4. The number of hydrogen-bond donors (Lipinski definition) is 1. The van der Waals surface area contributed by atoms with Crippen LogP contribution in [0, 0.1) is 0 Å². The molecule has 0 aliphatic heterocycles. The first-order valence-electron chi connectivity index (χ1n) is 5.82. The third-order valence-electron chi connectivity index (χ3n) is 2.21. The Labute approximate surface area is 97.3 Å². The standard InChI is InChI=1S/C12H21N3O/c1-3-5-10-16-11-7-14-12-13-6-9-15(12)8-4-2/h4,6,9H,2-3,5,7-8,10-11H2,1H3,(H,13,14). The number of allylic oxidation sites excluding steroid dienone is 1. The highest BCUT2D eigenvalue weighted by Gasteiger charge is 1.99. The summed E-state index contributed by atoms with van der Waals surface area (Å²) in [4.78, 5) is 4.22. The van der Waals surface area contributed by atoms with Gasteiger partial charge in [0.25, 0.3) is 0 Å². The van der Waals surface area contributed by atoms with Gasteiger partial charge >= 0.3 is 0 Å². The summed E-state index contributed by atoms with van der Waals surface area (Å²) in [5.74, 6) is 0.874. The van der Waals surface area contributed by atoms with Crippen LogP contribution in [0.3, 0.4) is 0 Å². The lowest BCUT2D eigenvalue weighted by Crippen LogP contribution is -2.13. The van der Waals surface area contributed by atoms with Crippen molar-refractivity contribution in [2.24, 2.45) is 0 Å². The van der Waals surface area contributed by atoms with Gasteiger partial charge in [0.05, 0.1) is 6.61 Å². The molecule has 0 fully saturated rings. The Bertz CT molecular complexity index is 296.